The van der Waals surface area contributed by atoms with Gasteiger partial charge in [-0.3, -0.25) is 9.59 Å². The smallest absolute Gasteiger partial charge is 0.481 e. The van der Waals surface area contributed by atoms with E-state index in [1.807, 2.05) is 80.5 Å². The van der Waals surface area contributed by atoms with Crippen LogP contribution in [0.15, 0.2) is 60.3 Å². The highest BCUT2D eigenvalue weighted by Crippen LogP contribution is 2.16. The van der Waals surface area contributed by atoms with Crippen molar-refractivity contribution in [1.82, 2.24) is 0 Å². The number of rotatable bonds is 18. The predicted molar refractivity (Wildman–Crippen MR) is 257 cm³/mol. The number of esters is 1. The monoisotopic (exact) mass is 911 g/mol. The van der Waals surface area contributed by atoms with Crippen molar-refractivity contribution in [1.29, 1.82) is 26.3 Å². The van der Waals surface area contributed by atoms with Crippen LogP contribution in [-0.2, 0) is 28.6 Å². The van der Waals surface area contributed by atoms with E-state index < -0.39 is 24.3 Å². The number of hydrogen-bond acceptors (Lipinski definition) is 14. The number of allylic oxidation sites excluding steroid dienone is 4. The quantitative estimate of drug-likeness (QED) is 0.0655. The van der Waals surface area contributed by atoms with E-state index in [0.29, 0.717) is 30.6 Å². The van der Waals surface area contributed by atoms with Crippen molar-refractivity contribution >= 4 is 24.4 Å². The molecule has 0 amide bonds. The molecule has 366 valence electrons. The first-order chi connectivity index (χ1) is 30.2. The maximum absolute atomic E-state index is 11.0. The Kier molecular flexibility index (Phi) is 57.1. The summed E-state index contributed by atoms with van der Waals surface area (Å²) in [6.07, 6.45) is 5.89. The average molecular weight is 911 g/mol. The zero-order valence-corrected chi connectivity index (χ0v) is 42.1. The summed E-state index contributed by atoms with van der Waals surface area (Å²) in [5.74, 6) is 0.662. The molecule has 0 saturated heterocycles. The Balaban J connectivity index is -0.000000124. The van der Waals surface area contributed by atoms with Crippen LogP contribution in [-0.4, -0.2) is 66.6 Å². The lowest BCUT2D eigenvalue weighted by Gasteiger charge is -2.19. The van der Waals surface area contributed by atoms with Crippen LogP contribution < -0.4 is 5.73 Å². The number of aliphatic carboxylic acids is 1. The normalized spacial score (nSPS) is 11.3. The zero-order valence-electron chi connectivity index (χ0n) is 42.1. The summed E-state index contributed by atoms with van der Waals surface area (Å²) in [6.45, 7) is 39.8. The van der Waals surface area contributed by atoms with Crippen LogP contribution in [0.3, 0.4) is 0 Å². The molecule has 0 radical (unpaired) electrons. The fraction of sp³-hybridized carbons (Fsp3) is 0.620. The first-order valence-corrected chi connectivity index (χ1v) is 21.6. The van der Waals surface area contributed by atoms with Gasteiger partial charge in [0.2, 0.25) is 0 Å². The van der Waals surface area contributed by atoms with Crippen molar-refractivity contribution in [2.45, 2.75) is 142 Å². The van der Waals surface area contributed by atoms with Gasteiger partial charge in [-0.15, -0.1) is 0 Å². The fourth-order valence-electron chi connectivity index (χ4n) is 4.12. The highest BCUT2D eigenvalue weighted by atomic mass is 16.7. The standard InChI is InChI=1S/C10H15NO3.C10H15NO2.C8H17NO2.C8H13N.C7H11NO.C4H8O.C3H3N/c1-5-13-10(12)14-9(7(2)3)8(4)6-11;1-4-13-10(12)6-9(7-11)5-8(2)3;1-6(2)3-7(5-9)4-8(10)11;1-4-8(6-9)5-7(2)3;1-5(2)7(9)6(3)4-8;1-4(2)3-5;1-2-3-4/h7,9H,4-5H2,1-3H3;5,8H,4,6H2,1-3H3;6-7H,3-5,9H2,1-2H3,(H,10,11);5,7H,4H2,1-3H3;5,7,9H,3H2,1-2H3;3-4H,1-2H3;2H,1H2/b;9-5+;;8-5+;;;/t;;7-;;;;/m..0..../s1. The van der Waals surface area contributed by atoms with E-state index in [4.69, 9.17) is 51.7 Å². The van der Waals surface area contributed by atoms with Gasteiger partial charge in [0.05, 0.1) is 67.2 Å². The summed E-state index contributed by atoms with van der Waals surface area (Å²) < 4.78 is 14.3. The van der Waals surface area contributed by atoms with Crippen molar-refractivity contribution in [3.63, 3.8) is 0 Å². The molecule has 0 aromatic heterocycles. The number of hydrogen-bond donors (Lipinski definition) is 3. The van der Waals surface area contributed by atoms with E-state index in [1.54, 1.807) is 32.1 Å². The molecule has 0 rings (SSSR count). The van der Waals surface area contributed by atoms with Crippen LogP contribution in [0.5, 0.6) is 0 Å². The van der Waals surface area contributed by atoms with Gasteiger partial charge in [-0.05, 0) is 68.7 Å². The second-order valence-electron chi connectivity index (χ2n) is 15.9. The summed E-state index contributed by atoms with van der Waals surface area (Å²) >= 11 is 0. The molecule has 4 N–H and O–H groups in total. The summed E-state index contributed by atoms with van der Waals surface area (Å²) in [5.41, 5.74) is 7.25. The number of ether oxygens (including phenoxy) is 3. The number of nitrogens with two attached hydrogens (primary N) is 1. The second-order valence-corrected chi connectivity index (χ2v) is 15.9. The SMILES string of the molecule is C=C(C#N)C(O)C(C)C.C=C(C#N)C(OC(=O)OCC)C(C)C.C=CC#N.CC(C)C=O.CC(C)C[C@H](CN)CC(=O)O.CC/C(C#N)=C\C(C)C.CCOC(=O)C/C(C#N)=C\C(C)C. The van der Waals surface area contributed by atoms with E-state index in [9.17, 15) is 19.2 Å². The van der Waals surface area contributed by atoms with Gasteiger partial charge < -0.3 is 35.0 Å². The number of carbonyl (C=O) groups is 4. The number of nitrogens with zero attached hydrogens (tertiary/aromatic N) is 5. The van der Waals surface area contributed by atoms with Crippen molar-refractivity contribution in [2.75, 3.05) is 19.8 Å². The third-order valence-electron chi connectivity index (χ3n) is 7.05. The molecule has 0 heterocycles. The first-order valence-electron chi connectivity index (χ1n) is 21.6. The number of aliphatic hydroxyl groups excluding tert-OH is 1. The summed E-state index contributed by atoms with van der Waals surface area (Å²) in [4.78, 5) is 41.8. The minimum absolute atomic E-state index is 0.00607. The molecule has 0 aromatic rings. The van der Waals surface area contributed by atoms with E-state index in [2.05, 4.69) is 58.2 Å². The minimum Gasteiger partial charge on any atom is -0.481 e. The molecule has 0 aliphatic rings. The molecule has 0 aromatic carbocycles. The van der Waals surface area contributed by atoms with Crippen LogP contribution in [0.1, 0.15) is 130 Å². The van der Waals surface area contributed by atoms with Gasteiger partial charge in [-0.25, -0.2) is 4.79 Å². The highest BCUT2D eigenvalue weighted by molar-refractivity contribution is 5.73. The van der Waals surface area contributed by atoms with Gasteiger partial charge in [-0.1, -0.05) is 122 Å². The van der Waals surface area contributed by atoms with Gasteiger partial charge >= 0.3 is 18.1 Å². The third-order valence-corrected chi connectivity index (χ3v) is 7.05. The Morgan fingerprint density at radius 3 is 1.37 bits per heavy atom. The van der Waals surface area contributed by atoms with Gasteiger partial charge in [0.25, 0.3) is 0 Å². The Morgan fingerprint density at radius 2 is 1.14 bits per heavy atom. The summed E-state index contributed by atoms with van der Waals surface area (Å²) in [7, 11) is 0. The van der Waals surface area contributed by atoms with Crippen molar-refractivity contribution < 1.29 is 43.6 Å². The van der Waals surface area contributed by atoms with Gasteiger partial charge in [0.1, 0.15) is 12.4 Å². The van der Waals surface area contributed by atoms with Crippen LogP contribution in [0.4, 0.5) is 4.79 Å². The average Bonchev–Trinajstić information content (AvgIpc) is 3.23. The van der Waals surface area contributed by atoms with Crippen LogP contribution in [0, 0.1) is 98.1 Å². The molecule has 3 atom stereocenters. The summed E-state index contributed by atoms with van der Waals surface area (Å²) in [5, 5.41) is 59.0. The Labute approximate surface area is 392 Å². The van der Waals surface area contributed by atoms with Gasteiger partial charge in [-0.2, -0.15) is 26.3 Å². The maximum atomic E-state index is 11.0. The van der Waals surface area contributed by atoms with E-state index in [0.717, 1.165) is 24.7 Å². The predicted octanol–water partition coefficient (Wildman–Crippen LogP) is 10.5. The van der Waals surface area contributed by atoms with Crippen molar-refractivity contribution in [3.05, 3.63) is 60.3 Å². The molecular formula is C50H82N6O9. The Hall–Kier alpha value is -6.05. The number of nitriles is 5. The number of aldehydes is 1. The third kappa shape index (κ3) is 60.1. The second kappa shape index (κ2) is 50.6. The lowest BCUT2D eigenvalue weighted by Crippen LogP contribution is -2.25. The number of carboxylic acids is 1. The summed E-state index contributed by atoms with van der Waals surface area (Å²) in [6, 6.07) is 9.49. The molecule has 0 spiro atoms. The molecule has 65 heavy (non-hydrogen) atoms. The highest BCUT2D eigenvalue weighted by Gasteiger charge is 2.22. The largest absolute Gasteiger partial charge is 0.508 e. The van der Waals surface area contributed by atoms with E-state index in [-0.39, 0.29) is 66.2 Å². The number of carboxylic acid groups (broad SMARTS) is 1. The molecule has 15 nitrogen and oxygen atoms in total. The number of carbonyl (C=O) groups excluding carboxylic acids is 3. The minimum atomic E-state index is -0.761. The number of aliphatic hydroxyl groups is 1. The van der Waals surface area contributed by atoms with Crippen LogP contribution in [0.25, 0.3) is 0 Å². The molecule has 0 aliphatic carbocycles. The lowest BCUT2D eigenvalue weighted by molar-refractivity contribution is -0.142. The molecule has 0 bridgehead atoms. The molecule has 0 fully saturated rings. The Morgan fingerprint density at radius 1 is 0.708 bits per heavy atom. The molecule has 2 unspecified atom stereocenters. The van der Waals surface area contributed by atoms with Crippen LogP contribution in [0.2, 0.25) is 0 Å². The maximum Gasteiger partial charge on any atom is 0.508 e. The molecule has 15 heteroatoms. The van der Waals surface area contributed by atoms with Crippen LogP contribution >= 0.6 is 0 Å². The van der Waals surface area contributed by atoms with E-state index >= 15 is 0 Å². The van der Waals surface area contributed by atoms with Gasteiger partial charge in [0.15, 0.2) is 0 Å². The molecular weight excluding hydrogens is 829 g/mol. The first kappa shape index (κ1) is 73.4. The van der Waals surface area contributed by atoms with Gasteiger partial charge in [0, 0.05) is 29.6 Å². The van der Waals surface area contributed by atoms with Crippen molar-refractivity contribution in [2.24, 2.45) is 47.2 Å². The topological polar surface area (TPSA) is 281 Å². The molecule has 0 aliphatic heterocycles. The lowest BCUT2D eigenvalue weighted by atomic mass is 9.94. The zero-order chi connectivity index (χ0) is 52.7. The Bertz CT molecular complexity index is 1610. The molecule has 0 saturated carbocycles. The fourth-order valence-corrected chi connectivity index (χ4v) is 4.12. The van der Waals surface area contributed by atoms with Crippen molar-refractivity contribution in [3.8, 4) is 30.3 Å². The van der Waals surface area contributed by atoms with E-state index in [1.165, 1.54) is 6.08 Å².